The Morgan fingerprint density at radius 3 is 2.55 bits per heavy atom. The van der Waals surface area contributed by atoms with E-state index in [0.29, 0.717) is 18.1 Å². The summed E-state index contributed by atoms with van der Waals surface area (Å²) in [5, 5.41) is 3.61. The number of carbonyl (C=O) groups excluding carboxylic acids is 1. The van der Waals surface area contributed by atoms with Gasteiger partial charge in [0.1, 0.15) is 12.4 Å². The van der Waals surface area contributed by atoms with Gasteiger partial charge in [-0.25, -0.2) is 0 Å². The molecule has 0 aliphatic heterocycles. The van der Waals surface area contributed by atoms with Gasteiger partial charge < -0.3 is 10.1 Å². The predicted octanol–water partition coefficient (Wildman–Crippen LogP) is 3.77. The number of halogens is 1. The van der Waals surface area contributed by atoms with E-state index in [4.69, 9.17) is 16.3 Å². The van der Waals surface area contributed by atoms with E-state index in [9.17, 15) is 4.79 Å². The Hall–Kier alpha value is -2.00. The topological polar surface area (TPSA) is 38.3 Å². The maximum Gasteiger partial charge on any atom is 0.224 e. The molecule has 0 spiro atoms. The Morgan fingerprint density at radius 1 is 1.18 bits per heavy atom. The van der Waals surface area contributed by atoms with Crippen molar-refractivity contribution in [2.24, 2.45) is 0 Å². The van der Waals surface area contributed by atoms with Crippen LogP contribution in [0.4, 0.5) is 0 Å². The molecule has 0 heterocycles. The SMILES string of the molecule is Cc1ccccc1OC[C@@H](C)NC(=O)Cc1ccc(Cl)cc1. The van der Waals surface area contributed by atoms with Gasteiger partial charge in [0.25, 0.3) is 0 Å². The van der Waals surface area contributed by atoms with Crippen LogP contribution in [-0.2, 0) is 11.2 Å². The van der Waals surface area contributed by atoms with Crippen LogP contribution < -0.4 is 10.1 Å². The standard InChI is InChI=1S/C18H20ClNO2/c1-13-5-3-4-6-17(13)22-12-14(2)20-18(21)11-15-7-9-16(19)10-8-15/h3-10,14H,11-12H2,1-2H3,(H,20,21)/t14-/m1/s1. The van der Waals surface area contributed by atoms with Gasteiger partial charge in [-0.05, 0) is 43.2 Å². The maximum absolute atomic E-state index is 12.0. The van der Waals surface area contributed by atoms with Crippen molar-refractivity contribution in [3.63, 3.8) is 0 Å². The highest BCUT2D eigenvalue weighted by Crippen LogP contribution is 2.16. The normalized spacial score (nSPS) is 11.8. The van der Waals surface area contributed by atoms with Gasteiger partial charge in [0.05, 0.1) is 12.5 Å². The molecule has 0 bridgehead atoms. The number of hydrogen-bond acceptors (Lipinski definition) is 2. The average Bonchev–Trinajstić information content (AvgIpc) is 2.49. The van der Waals surface area contributed by atoms with Gasteiger partial charge in [0, 0.05) is 5.02 Å². The molecule has 0 aromatic heterocycles. The number of ether oxygens (including phenoxy) is 1. The summed E-state index contributed by atoms with van der Waals surface area (Å²) in [5.41, 5.74) is 2.02. The number of nitrogens with one attached hydrogen (secondary N) is 1. The molecule has 0 radical (unpaired) electrons. The molecular formula is C18H20ClNO2. The van der Waals surface area contributed by atoms with E-state index in [1.165, 1.54) is 0 Å². The number of para-hydroxylation sites is 1. The first-order valence-corrected chi connectivity index (χ1v) is 7.64. The number of carbonyl (C=O) groups is 1. The van der Waals surface area contributed by atoms with Crippen LogP contribution in [0.5, 0.6) is 5.75 Å². The summed E-state index contributed by atoms with van der Waals surface area (Å²) in [6.45, 7) is 4.37. The molecule has 1 N–H and O–H groups in total. The number of aryl methyl sites for hydroxylation is 1. The highest BCUT2D eigenvalue weighted by atomic mass is 35.5. The zero-order valence-electron chi connectivity index (χ0n) is 12.8. The van der Waals surface area contributed by atoms with Crippen molar-refractivity contribution in [2.45, 2.75) is 26.3 Å². The molecule has 2 aromatic rings. The van der Waals surface area contributed by atoms with Crippen molar-refractivity contribution in [3.8, 4) is 5.75 Å². The quantitative estimate of drug-likeness (QED) is 0.880. The van der Waals surface area contributed by atoms with E-state index in [2.05, 4.69) is 5.32 Å². The third-order valence-corrected chi connectivity index (χ3v) is 3.52. The number of rotatable bonds is 6. The number of benzene rings is 2. The largest absolute Gasteiger partial charge is 0.491 e. The van der Waals surface area contributed by atoms with Crippen LogP contribution >= 0.6 is 11.6 Å². The Morgan fingerprint density at radius 2 is 1.86 bits per heavy atom. The second-order valence-corrected chi connectivity index (χ2v) is 5.78. The van der Waals surface area contributed by atoms with Gasteiger partial charge in [0.15, 0.2) is 0 Å². The third-order valence-electron chi connectivity index (χ3n) is 3.27. The molecule has 0 unspecified atom stereocenters. The van der Waals surface area contributed by atoms with Gasteiger partial charge >= 0.3 is 0 Å². The van der Waals surface area contributed by atoms with Crippen LogP contribution in [0, 0.1) is 6.92 Å². The monoisotopic (exact) mass is 317 g/mol. The Bertz CT molecular complexity index is 625. The fourth-order valence-corrected chi connectivity index (χ4v) is 2.21. The molecule has 116 valence electrons. The van der Waals surface area contributed by atoms with Crippen molar-refractivity contribution < 1.29 is 9.53 Å². The molecule has 0 aliphatic rings. The maximum atomic E-state index is 12.0. The molecule has 3 nitrogen and oxygen atoms in total. The minimum Gasteiger partial charge on any atom is -0.491 e. The molecule has 2 rings (SSSR count). The summed E-state index contributed by atoms with van der Waals surface area (Å²) in [6, 6.07) is 15.1. The van der Waals surface area contributed by atoms with E-state index in [1.807, 2.05) is 50.2 Å². The lowest BCUT2D eigenvalue weighted by molar-refractivity contribution is -0.121. The highest BCUT2D eigenvalue weighted by Gasteiger charge is 2.09. The molecule has 2 aromatic carbocycles. The van der Waals surface area contributed by atoms with Crippen LogP contribution in [-0.4, -0.2) is 18.6 Å². The van der Waals surface area contributed by atoms with Crippen LogP contribution in [0.2, 0.25) is 5.02 Å². The van der Waals surface area contributed by atoms with Gasteiger partial charge in [-0.2, -0.15) is 0 Å². The van der Waals surface area contributed by atoms with Crippen LogP contribution in [0.25, 0.3) is 0 Å². The Balaban J connectivity index is 1.79. The van der Waals surface area contributed by atoms with Crippen molar-refractivity contribution in [2.75, 3.05) is 6.61 Å². The predicted molar refractivity (Wildman–Crippen MR) is 89.4 cm³/mol. The minimum atomic E-state index is -0.0561. The molecule has 4 heteroatoms. The first-order valence-electron chi connectivity index (χ1n) is 7.27. The molecular weight excluding hydrogens is 298 g/mol. The second kappa shape index (κ2) is 7.85. The van der Waals surface area contributed by atoms with E-state index in [0.717, 1.165) is 16.9 Å². The third kappa shape index (κ3) is 5.08. The van der Waals surface area contributed by atoms with Crippen molar-refractivity contribution in [1.82, 2.24) is 5.32 Å². The molecule has 1 amide bonds. The van der Waals surface area contributed by atoms with Gasteiger partial charge in [-0.3, -0.25) is 4.79 Å². The molecule has 0 fully saturated rings. The van der Waals surface area contributed by atoms with Crippen LogP contribution in [0.1, 0.15) is 18.1 Å². The van der Waals surface area contributed by atoms with Crippen molar-refractivity contribution >= 4 is 17.5 Å². The summed E-state index contributed by atoms with van der Waals surface area (Å²) in [4.78, 5) is 12.0. The summed E-state index contributed by atoms with van der Waals surface area (Å²) < 4.78 is 5.73. The molecule has 0 aliphatic carbocycles. The minimum absolute atomic E-state index is 0.0248. The molecule has 1 atom stereocenters. The lowest BCUT2D eigenvalue weighted by Gasteiger charge is -2.16. The highest BCUT2D eigenvalue weighted by molar-refractivity contribution is 6.30. The van der Waals surface area contributed by atoms with E-state index < -0.39 is 0 Å². The molecule has 22 heavy (non-hydrogen) atoms. The smallest absolute Gasteiger partial charge is 0.224 e. The lowest BCUT2D eigenvalue weighted by Crippen LogP contribution is -2.37. The van der Waals surface area contributed by atoms with Crippen LogP contribution in [0.3, 0.4) is 0 Å². The fraction of sp³-hybridized carbons (Fsp3) is 0.278. The van der Waals surface area contributed by atoms with Crippen molar-refractivity contribution in [1.29, 1.82) is 0 Å². The van der Waals surface area contributed by atoms with E-state index >= 15 is 0 Å². The zero-order chi connectivity index (χ0) is 15.9. The summed E-state index contributed by atoms with van der Waals surface area (Å²) in [6.07, 6.45) is 0.339. The van der Waals surface area contributed by atoms with Crippen LogP contribution in [0.15, 0.2) is 48.5 Å². The first kappa shape index (κ1) is 16.4. The van der Waals surface area contributed by atoms with E-state index in [1.54, 1.807) is 12.1 Å². The average molecular weight is 318 g/mol. The Labute approximate surface area is 136 Å². The summed E-state index contributed by atoms with van der Waals surface area (Å²) in [7, 11) is 0. The van der Waals surface area contributed by atoms with Gasteiger partial charge in [0.2, 0.25) is 5.91 Å². The number of hydrogen-bond donors (Lipinski definition) is 1. The first-order chi connectivity index (χ1) is 10.5. The summed E-state index contributed by atoms with van der Waals surface area (Å²) in [5.74, 6) is 0.824. The molecule has 0 saturated carbocycles. The van der Waals surface area contributed by atoms with Gasteiger partial charge in [-0.15, -0.1) is 0 Å². The number of amides is 1. The lowest BCUT2D eigenvalue weighted by atomic mass is 10.1. The van der Waals surface area contributed by atoms with E-state index in [-0.39, 0.29) is 11.9 Å². The summed E-state index contributed by atoms with van der Waals surface area (Å²) >= 11 is 5.83. The Kier molecular flexibility index (Phi) is 5.84. The van der Waals surface area contributed by atoms with Gasteiger partial charge in [-0.1, -0.05) is 41.9 Å². The second-order valence-electron chi connectivity index (χ2n) is 5.35. The van der Waals surface area contributed by atoms with Crippen molar-refractivity contribution in [3.05, 3.63) is 64.7 Å². The zero-order valence-corrected chi connectivity index (χ0v) is 13.6. The molecule has 0 saturated heterocycles. The fourth-order valence-electron chi connectivity index (χ4n) is 2.09.